The summed E-state index contributed by atoms with van der Waals surface area (Å²) in [5.41, 5.74) is 2.23. The van der Waals surface area contributed by atoms with E-state index in [9.17, 15) is 9.59 Å². The number of hydrogen-bond acceptors (Lipinski definition) is 8. The Morgan fingerprint density at radius 1 is 0.857 bits per heavy atom. The number of amides is 2. The molecular weight excluding hydrogens is 554 g/mol. The summed E-state index contributed by atoms with van der Waals surface area (Å²) in [5.74, 6) is 2.52. The number of thioether (sulfide) groups is 1. The lowest BCUT2D eigenvalue weighted by Gasteiger charge is -2.40. The number of carbonyl (C=O) groups is 2. The normalized spacial score (nSPS) is 14.9. The van der Waals surface area contributed by atoms with Crippen molar-refractivity contribution in [1.29, 1.82) is 0 Å². The summed E-state index contributed by atoms with van der Waals surface area (Å²) in [5, 5.41) is 9.53. The Labute approximate surface area is 249 Å². The monoisotopic (exact) mass is 587 g/mol. The van der Waals surface area contributed by atoms with E-state index in [4.69, 9.17) is 14.2 Å². The van der Waals surface area contributed by atoms with Crippen LogP contribution in [0.15, 0.2) is 78.0 Å². The molecule has 0 bridgehead atoms. The molecule has 4 aromatic rings. The molecule has 1 aromatic heterocycles. The van der Waals surface area contributed by atoms with Crippen LogP contribution in [0.1, 0.15) is 17.3 Å². The van der Waals surface area contributed by atoms with Crippen molar-refractivity contribution in [2.75, 3.05) is 46.7 Å². The van der Waals surface area contributed by atoms with Crippen LogP contribution in [0.2, 0.25) is 0 Å². The van der Waals surface area contributed by atoms with Crippen LogP contribution in [-0.2, 0) is 4.79 Å². The molecule has 1 saturated heterocycles. The smallest absolute Gasteiger partial charge is 0.254 e. The van der Waals surface area contributed by atoms with Gasteiger partial charge in [0.05, 0.1) is 27.1 Å². The van der Waals surface area contributed by atoms with Crippen molar-refractivity contribution in [3.8, 4) is 34.3 Å². The molecule has 1 fully saturated rings. The van der Waals surface area contributed by atoms with Crippen molar-refractivity contribution < 1.29 is 23.8 Å². The van der Waals surface area contributed by atoms with Crippen LogP contribution >= 0.6 is 11.8 Å². The Balaban J connectivity index is 1.28. The molecule has 1 unspecified atom stereocenters. The van der Waals surface area contributed by atoms with Gasteiger partial charge < -0.3 is 24.0 Å². The highest BCUT2D eigenvalue weighted by atomic mass is 32.2. The molecule has 218 valence electrons. The van der Waals surface area contributed by atoms with Gasteiger partial charge in [0.1, 0.15) is 17.2 Å². The average molecular weight is 588 g/mol. The number of ether oxygens (including phenoxy) is 3. The van der Waals surface area contributed by atoms with Gasteiger partial charge in [0.25, 0.3) is 5.91 Å². The van der Waals surface area contributed by atoms with Crippen LogP contribution in [0.5, 0.6) is 17.2 Å². The van der Waals surface area contributed by atoms with Crippen molar-refractivity contribution >= 4 is 23.6 Å². The van der Waals surface area contributed by atoms with E-state index in [1.807, 2.05) is 66.1 Å². The van der Waals surface area contributed by atoms with Crippen molar-refractivity contribution in [1.82, 2.24) is 24.6 Å². The molecule has 1 atom stereocenters. The number of rotatable bonds is 9. The Kier molecular flexibility index (Phi) is 8.97. The van der Waals surface area contributed by atoms with Gasteiger partial charge in [0.15, 0.2) is 11.0 Å². The summed E-state index contributed by atoms with van der Waals surface area (Å²) in [6, 6.07) is 22.4. The van der Waals surface area contributed by atoms with E-state index in [0.29, 0.717) is 47.7 Å². The summed E-state index contributed by atoms with van der Waals surface area (Å²) in [4.78, 5) is 30.3. The number of hydrogen-bond donors (Lipinski definition) is 0. The maximum Gasteiger partial charge on any atom is 0.254 e. The lowest BCUT2D eigenvalue weighted by Crippen LogP contribution is -2.55. The SMILES string of the molecule is COc1cc(OC)cc(C(=O)N2CCN(C(=O)CSc3nnc(-c4cccc(OC)c4)n3-c3ccccc3)CC2C)c1. The first kappa shape index (κ1) is 29.0. The van der Waals surface area contributed by atoms with Crippen molar-refractivity contribution in [3.05, 3.63) is 78.4 Å². The zero-order valence-electron chi connectivity index (χ0n) is 24.0. The quantitative estimate of drug-likeness (QED) is 0.266. The average Bonchev–Trinajstić information content (AvgIpc) is 3.47. The molecule has 0 aliphatic carbocycles. The molecule has 1 aliphatic rings. The predicted octanol–water partition coefficient (Wildman–Crippen LogP) is 4.43. The van der Waals surface area contributed by atoms with Gasteiger partial charge in [-0.1, -0.05) is 42.1 Å². The molecule has 2 amide bonds. The molecule has 10 nitrogen and oxygen atoms in total. The fourth-order valence-corrected chi connectivity index (χ4v) is 5.78. The Bertz CT molecular complexity index is 1540. The number of nitrogens with zero attached hydrogens (tertiary/aromatic N) is 5. The summed E-state index contributed by atoms with van der Waals surface area (Å²) < 4.78 is 18.0. The number of benzene rings is 3. The van der Waals surface area contributed by atoms with Crippen LogP contribution in [0.3, 0.4) is 0 Å². The molecule has 0 N–H and O–H groups in total. The van der Waals surface area contributed by atoms with E-state index < -0.39 is 0 Å². The van der Waals surface area contributed by atoms with Crippen LogP contribution < -0.4 is 14.2 Å². The fourth-order valence-electron chi connectivity index (χ4n) is 4.92. The minimum Gasteiger partial charge on any atom is -0.497 e. The maximum absolute atomic E-state index is 13.3. The standard InChI is InChI=1S/C31H33N5O5S/c1-21-19-34(13-14-35(21)30(38)23-16-26(40-3)18-27(17-23)41-4)28(37)20-42-31-33-32-29(22-9-8-12-25(15-22)39-2)36(31)24-10-6-5-7-11-24/h5-12,15-18,21H,13-14,19-20H2,1-4H3. The van der Waals surface area contributed by atoms with Crippen LogP contribution in [0, 0.1) is 0 Å². The molecule has 42 heavy (non-hydrogen) atoms. The lowest BCUT2D eigenvalue weighted by molar-refractivity contribution is -0.130. The van der Waals surface area contributed by atoms with Gasteiger partial charge in [-0.3, -0.25) is 14.2 Å². The molecular formula is C31H33N5O5S. The highest BCUT2D eigenvalue weighted by molar-refractivity contribution is 7.99. The van der Waals surface area contributed by atoms with E-state index in [2.05, 4.69) is 10.2 Å². The van der Waals surface area contributed by atoms with E-state index in [1.54, 1.807) is 49.3 Å². The fraction of sp³-hybridized carbons (Fsp3) is 0.290. The van der Waals surface area contributed by atoms with Gasteiger partial charge in [0.2, 0.25) is 5.91 Å². The molecule has 0 saturated carbocycles. The number of piperazine rings is 1. The van der Waals surface area contributed by atoms with E-state index in [1.165, 1.54) is 11.8 Å². The number of methoxy groups -OCH3 is 3. The van der Waals surface area contributed by atoms with E-state index >= 15 is 0 Å². The lowest BCUT2D eigenvalue weighted by atomic mass is 10.1. The Morgan fingerprint density at radius 3 is 2.24 bits per heavy atom. The first-order chi connectivity index (χ1) is 20.4. The van der Waals surface area contributed by atoms with Crippen LogP contribution in [0.4, 0.5) is 0 Å². The van der Waals surface area contributed by atoms with Gasteiger partial charge in [-0.25, -0.2) is 0 Å². The second kappa shape index (κ2) is 13.0. The zero-order chi connectivity index (χ0) is 29.6. The second-order valence-corrected chi connectivity index (χ2v) is 10.7. The van der Waals surface area contributed by atoms with E-state index in [-0.39, 0.29) is 23.6 Å². The Hall–Kier alpha value is -4.51. The highest BCUT2D eigenvalue weighted by Gasteiger charge is 2.31. The second-order valence-electron chi connectivity index (χ2n) is 9.79. The molecule has 11 heteroatoms. The molecule has 0 radical (unpaired) electrons. The molecule has 2 heterocycles. The topological polar surface area (TPSA) is 99.0 Å². The van der Waals surface area contributed by atoms with Gasteiger partial charge in [0, 0.05) is 48.6 Å². The predicted molar refractivity (Wildman–Crippen MR) is 161 cm³/mol. The first-order valence-corrected chi connectivity index (χ1v) is 14.5. The summed E-state index contributed by atoms with van der Waals surface area (Å²) >= 11 is 1.34. The molecule has 5 rings (SSSR count). The van der Waals surface area contributed by atoms with Gasteiger partial charge >= 0.3 is 0 Å². The molecule has 1 aliphatic heterocycles. The third-order valence-electron chi connectivity index (χ3n) is 7.14. The van der Waals surface area contributed by atoms with E-state index in [0.717, 1.165) is 17.0 Å². The minimum absolute atomic E-state index is 0.0208. The van der Waals surface area contributed by atoms with Gasteiger partial charge in [-0.2, -0.15) is 0 Å². The molecule has 0 spiro atoms. The number of aromatic nitrogens is 3. The third kappa shape index (κ3) is 6.20. The Morgan fingerprint density at radius 2 is 1.57 bits per heavy atom. The molecule has 3 aromatic carbocycles. The largest absolute Gasteiger partial charge is 0.497 e. The number of para-hydroxylation sites is 1. The van der Waals surface area contributed by atoms with Crippen molar-refractivity contribution in [2.24, 2.45) is 0 Å². The highest BCUT2D eigenvalue weighted by Crippen LogP contribution is 2.30. The minimum atomic E-state index is -0.162. The van der Waals surface area contributed by atoms with Crippen LogP contribution in [-0.4, -0.2) is 89.1 Å². The maximum atomic E-state index is 13.3. The summed E-state index contributed by atoms with van der Waals surface area (Å²) in [6.45, 7) is 3.26. The van der Waals surface area contributed by atoms with Crippen LogP contribution in [0.25, 0.3) is 17.1 Å². The van der Waals surface area contributed by atoms with Gasteiger partial charge in [-0.05, 0) is 43.3 Å². The van der Waals surface area contributed by atoms with Gasteiger partial charge in [-0.15, -0.1) is 10.2 Å². The summed E-state index contributed by atoms with van der Waals surface area (Å²) in [7, 11) is 4.73. The third-order valence-corrected chi connectivity index (χ3v) is 8.05. The van der Waals surface area contributed by atoms with Crippen molar-refractivity contribution in [2.45, 2.75) is 18.1 Å². The first-order valence-electron chi connectivity index (χ1n) is 13.5. The number of carbonyl (C=O) groups excluding carboxylic acids is 2. The van der Waals surface area contributed by atoms with Crippen molar-refractivity contribution in [3.63, 3.8) is 0 Å². The summed E-state index contributed by atoms with van der Waals surface area (Å²) in [6.07, 6.45) is 0. The zero-order valence-corrected chi connectivity index (χ0v) is 24.8.